The second kappa shape index (κ2) is 12.1. The van der Waals surface area contributed by atoms with Gasteiger partial charge in [-0.2, -0.15) is 5.10 Å². The number of carbonyl (C=O) groups is 2. The second-order valence-corrected chi connectivity index (χ2v) is 11.0. The highest BCUT2D eigenvalue weighted by Gasteiger charge is 2.39. The molecule has 0 radical (unpaired) electrons. The Bertz CT molecular complexity index is 1530. The van der Waals surface area contributed by atoms with Crippen molar-refractivity contribution in [3.05, 3.63) is 79.7 Å². The van der Waals surface area contributed by atoms with Crippen LogP contribution in [0.3, 0.4) is 0 Å². The van der Waals surface area contributed by atoms with Crippen molar-refractivity contribution in [1.82, 2.24) is 20.1 Å². The third kappa shape index (κ3) is 5.62. The van der Waals surface area contributed by atoms with Crippen LogP contribution >= 0.6 is 22.9 Å². The molecule has 216 valence electrons. The maximum atomic E-state index is 14.6. The lowest BCUT2D eigenvalue weighted by Gasteiger charge is -2.35. The molecule has 0 saturated heterocycles. The summed E-state index contributed by atoms with van der Waals surface area (Å²) < 4.78 is 40.4. The van der Waals surface area contributed by atoms with Gasteiger partial charge in [-0.3, -0.25) is 9.67 Å². The van der Waals surface area contributed by atoms with E-state index in [2.05, 4.69) is 15.4 Å². The number of amidine groups is 1. The van der Waals surface area contributed by atoms with Gasteiger partial charge >= 0.3 is 11.9 Å². The first-order chi connectivity index (χ1) is 19.7. The van der Waals surface area contributed by atoms with E-state index in [4.69, 9.17) is 26.1 Å². The van der Waals surface area contributed by atoms with E-state index in [0.29, 0.717) is 35.1 Å². The van der Waals surface area contributed by atoms with E-state index in [1.807, 2.05) is 0 Å². The molecular weight excluding hydrogens is 576 g/mol. The zero-order chi connectivity index (χ0) is 29.3. The summed E-state index contributed by atoms with van der Waals surface area (Å²) in [5.41, 5.74) is 2.14. The molecule has 1 aromatic carbocycles. The summed E-state index contributed by atoms with van der Waals surface area (Å²) in [7, 11) is 3.03. The SMILES string of the molecule is CCOC(=O)C1=C(C2CCC(c3cc(C(=O)OC)n(C)n3)CC2)NC(c2nccs2)=NC1c1ccc(F)c(F)c1Cl. The van der Waals surface area contributed by atoms with Gasteiger partial charge in [0.15, 0.2) is 22.5 Å². The number of hydrogen-bond donors (Lipinski definition) is 1. The smallest absolute Gasteiger partial charge is 0.356 e. The average molecular weight is 604 g/mol. The van der Waals surface area contributed by atoms with Gasteiger partial charge in [-0.25, -0.2) is 23.4 Å². The number of aliphatic imine (C=N–C) groups is 1. The summed E-state index contributed by atoms with van der Waals surface area (Å²) in [6, 6.07) is 3.03. The topological polar surface area (TPSA) is 108 Å². The number of ether oxygens (including phenoxy) is 2. The van der Waals surface area contributed by atoms with Crippen LogP contribution in [0.4, 0.5) is 8.78 Å². The van der Waals surface area contributed by atoms with Crippen molar-refractivity contribution in [2.45, 2.75) is 44.6 Å². The fraction of sp³-hybridized carbons (Fsp3) is 0.393. The van der Waals surface area contributed by atoms with Crippen LogP contribution in [0.5, 0.6) is 0 Å². The highest BCUT2D eigenvalue weighted by Crippen LogP contribution is 2.44. The summed E-state index contributed by atoms with van der Waals surface area (Å²) >= 11 is 7.64. The summed E-state index contributed by atoms with van der Waals surface area (Å²) in [5.74, 6) is -2.96. The van der Waals surface area contributed by atoms with Crippen LogP contribution in [0.2, 0.25) is 5.02 Å². The van der Waals surface area contributed by atoms with Gasteiger partial charge in [0, 0.05) is 35.8 Å². The standard InChI is InChI=1S/C28H28ClF2N5O4S/c1-4-40-28(38)20-23(15-7-5-14(6-8-15)18-13-19(27(37)39-3)36(2)35-18)33-25(26-32-11-12-41-26)34-24(20)16-9-10-17(30)22(31)21(16)29/h9-15,24H,4-8H2,1-3H3,(H,33,34). The highest BCUT2D eigenvalue weighted by molar-refractivity contribution is 7.11. The molecule has 0 bridgehead atoms. The first-order valence-corrected chi connectivity index (χ1v) is 14.4. The quantitative estimate of drug-likeness (QED) is 0.282. The van der Waals surface area contributed by atoms with Crippen molar-refractivity contribution in [2.24, 2.45) is 18.0 Å². The average Bonchev–Trinajstić information content (AvgIpc) is 3.66. The number of aryl methyl sites for hydroxylation is 1. The molecule has 1 atom stereocenters. The van der Waals surface area contributed by atoms with Crippen LogP contribution in [0.1, 0.15) is 71.3 Å². The van der Waals surface area contributed by atoms with Crippen LogP contribution < -0.4 is 5.32 Å². The van der Waals surface area contributed by atoms with E-state index >= 15 is 0 Å². The van der Waals surface area contributed by atoms with Crippen LogP contribution in [0.25, 0.3) is 0 Å². The molecule has 1 saturated carbocycles. The Hall–Kier alpha value is -3.64. The van der Waals surface area contributed by atoms with Gasteiger partial charge in [-0.05, 0) is 50.7 Å². The maximum Gasteiger partial charge on any atom is 0.356 e. The number of benzene rings is 1. The molecule has 1 unspecified atom stereocenters. The normalized spacial score (nSPS) is 20.8. The molecule has 1 aliphatic carbocycles. The largest absolute Gasteiger partial charge is 0.464 e. The Morgan fingerprint density at radius 1 is 1.17 bits per heavy atom. The van der Waals surface area contributed by atoms with Crippen LogP contribution in [0, 0.1) is 17.6 Å². The third-order valence-corrected chi connectivity index (χ3v) is 8.58. The van der Waals surface area contributed by atoms with Gasteiger partial charge in [0.2, 0.25) is 0 Å². The molecule has 9 nitrogen and oxygen atoms in total. The lowest BCUT2D eigenvalue weighted by atomic mass is 9.77. The Morgan fingerprint density at radius 2 is 1.90 bits per heavy atom. The molecule has 2 aliphatic rings. The van der Waals surface area contributed by atoms with Gasteiger partial charge in [-0.15, -0.1) is 11.3 Å². The van der Waals surface area contributed by atoms with Crippen molar-refractivity contribution in [3.8, 4) is 0 Å². The minimum Gasteiger partial charge on any atom is -0.464 e. The predicted octanol–water partition coefficient (Wildman–Crippen LogP) is 5.48. The van der Waals surface area contributed by atoms with Gasteiger partial charge in [0.05, 0.1) is 30.0 Å². The molecule has 5 rings (SSSR count). The number of nitrogens with one attached hydrogen (secondary N) is 1. The van der Waals surface area contributed by atoms with E-state index < -0.39 is 34.6 Å². The van der Waals surface area contributed by atoms with E-state index in [1.165, 1.54) is 29.2 Å². The molecule has 2 aromatic heterocycles. The number of thiazole rings is 1. The number of allylic oxidation sites excluding steroid dienone is 1. The first kappa shape index (κ1) is 28.9. The number of carbonyl (C=O) groups excluding carboxylic acids is 2. The Labute approximate surface area is 244 Å². The molecule has 3 heterocycles. The molecule has 1 fully saturated rings. The number of esters is 2. The van der Waals surface area contributed by atoms with Crippen molar-refractivity contribution < 1.29 is 27.8 Å². The van der Waals surface area contributed by atoms with E-state index in [1.54, 1.807) is 31.6 Å². The van der Waals surface area contributed by atoms with Crippen LogP contribution in [-0.4, -0.2) is 46.3 Å². The van der Waals surface area contributed by atoms with E-state index in [0.717, 1.165) is 24.6 Å². The molecular formula is C28H28ClF2N5O4S. The van der Waals surface area contributed by atoms with Gasteiger partial charge in [0.1, 0.15) is 11.7 Å². The molecule has 1 aliphatic heterocycles. The van der Waals surface area contributed by atoms with Gasteiger partial charge in [-0.1, -0.05) is 17.7 Å². The van der Waals surface area contributed by atoms with E-state index in [9.17, 15) is 18.4 Å². The number of hydrogen-bond acceptors (Lipinski definition) is 9. The lowest BCUT2D eigenvalue weighted by Crippen LogP contribution is -2.38. The minimum atomic E-state index is -1.21. The second-order valence-electron chi connectivity index (χ2n) is 9.77. The van der Waals surface area contributed by atoms with Crippen molar-refractivity contribution in [2.75, 3.05) is 13.7 Å². The van der Waals surface area contributed by atoms with Gasteiger partial charge < -0.3 is 14.8 Å². The fourth-order valence-electron chi connectivity index (χ4n) is 5.41. The van der Waals surface area contributed by atoms with Gasteiger partial charge in [0.25, 0.3) is 0 Å². The van der Waals surface area contributed by atoms with Crippen LogP contribution in [-0.2, 0) is 21.3 Å². The Balaban J connectivity index is 1.52. The number of nitrogens with zero attached hydrogens (tertiary/aromatic N) is 4. The summed E-state index contributed by atoms with van der Waals surface area (Å²) in [4.78, 5) is 34.6. The molecule has 3 aromatic rings. The fourth-order valence-corrected chi connectivity index (χ4v) is 6.25. The number of rotatable bonds is 7. The monoisotopic (exact) mass is 603 g/mol. The molecule has 41 heavy (non-hydrogen) atoms. The molecule has 1 N–H and O–H groups in total. The maximum absolute atomic E-state index is 14.6. The summed E-state index contributed by atoms with van der Waals surface area (Å²) in [6.45, 7) is 1.81. The zero-order valence-electron chi connectivity index (χ0n) is 22.6. The zero-order valence-corrected chi connectivity index (χ0v) is 24.2. The van der Waals surface area contributed by atoms with Crippen molar-refractivity contribution >= 4 is 40.7 Å². The van der Waals surface area contributed by atoms with Crippen molar-refractivity contribution in [1.29, 1.82) is 0 Å². The first-order valence-electron chi connectivity index (χ1n) is 13.1. The lowest BCUT2D eigenvalue weighted by molar-refractivity contribution is -0.139. The summed E-state index contributed by atoms with van der Waals surface area (Å²) in [6.07, 6.45) is 4.48. The minimum absolute atomic E-state index is 0.105. The molecule has 13 heteroatoms. The van der Waals surface area contributed by atoms with E-state index in [-0.39, 0.29) is 29.6 Å². The Kier molecular flexibility index (Phi) is 8.50. The molecule has 0 spiro atoms. The number of aromatic nitrogens is 3. The Morgan fingerprint density at radius 3 is 2.56 bits per heavy atom. The number of methoxy groups -OCH3 is 1. The number of halogens is 3. The third-order valence-electron chi connectivity index (χ3n) is 7.41. The molecule has 0 amide bonds. The highest BCUT2D eigenvalue weighted by atomic mass is 35.5. The summed E-state index contributed by atoms with van der Waals surface area (Å²) in [5, 5.41) is 9.80. The van der Waals surface area contributed by atoms with Crippen LogP contribution in [0.15, 0.2) is 46.0 Å². The predicted molar refractivity (Wildman–Crippen MR) is 149 cm³/mol. The van der Waals surface area contributed by atoms with Crippen molar-refractivity contribution in [3.63, 3.8) is 0 Å².